The summed E-state index contributed by atoms with van der Waals surface area (Å²) in [6.45, 7) is 3.92. The molecule has 4 rings (SSSR count). The smallest absolute Gasteiger partial charge is 0.259 e. The second kappa shape index (κ2) is 5.86. The lowest BCUT2D eigenvalue weighted by molar-refractivity contribution is -0.108. The molecule has 0 amide bonds. The van der Waals surface area contributed by atoms with Crippen molar-refractivity contribution in [2.75, 3.05) is 24.7 Å². The van der Waals surface area contributed by atoms with E-state index in [2.05, 4.69) is 9.88 Å². The minimum Gasteiger partial charge on any atom is -0.390 e. The Bertz CT molecular complexity index is 801. The molecule has 2 fully saturated rings. The summed E-state index contributed by atoms with van der Waals surface area (Å²) in [5.74, 6) is 0.736. The van der Waals surface area contributed by atoms with Gasteiger partial charge in [0.1, 0.15) is 11.5 Å². The first-order valence-corrected chi connectivity index (χ1v) is 8.61. The van der Waals surface area contributed by atoms with Gasteiger partial charge in [-0.05, 0) is 38.3 Å². The first-order valence-electron chi connectivity index (χ1n) is 8.61. The highest BCUT2D eigenvalue weighted by atomic mass is 16.5. The first-order chi connectivity index (χ1) is 11.6. The number of ether oxygens (including phenoxy) is 1. The topological polar surface area (TPSA) is 67.1 Å². The van der Waals surface area contributed by atoms with Crippen molar-refractivity contribution >= 4 is 11.5 Å². The number of fused-ring (bicyclic) bond motifs is 1. The zero-order valence-electron chi connectivity index (χ0n) is 13.9. The van der Waals surface area contributed by atoms with Crippen molar-refractivity contribution in [1.82, 2.24) is 9.38 Å². The largest absolute Gasteiger partial charge is 0.390 e. The van der Waals surface area contributed by atoms with Crippen LogP contribution in [0, 0.1) is 5.92 Å². The number of pyridine rings is 1. The summed E-state index contributed by atoms with van der Waals surface area (Å²) in [5.41, 5.74) is -0.164. The van der Waals surface area contributed by atoms with Crippen molar-refractivity contribution in [3.8, 4) is 0 Å². The Hall–Kier alpha value is -1.92. The van der Waals surface area contributed by atoms with Crippen LogP contribution in [-0.4, -0.2) is 45.9 Å². The van der Waals surface area contributed by atoms with E-state index < -0.39 is 5.60 Å². The van der Waals surface area contributed by atoms with E-state index in [1.54, 1.807) is 16.7 Å². The minimum absolute atomic E-state index is 0.0322. The fourth-order valence-electron chi connectivity index (χ4n) is 4.06. The predicted octanol–water partition coefficient (Wildman–Crippen LogP) is 1.45. The molecule has 0 saturated carbocycles. The third-order valence-electron chi connectivity index (χ3n) is 5.46. The summed E-state index contributed by atoms with van der Waals surface area (Å²) in [6, 6.07) is 7.30. The van der Waals surface area contributed by atoms with Gasteiger partial charge in [0.25, 0.3) is 5.56 Å². The molecular weight excluding hydrogens is 306 g/mol. The molecule has 2 aliphatic heterocycles. The molecule has 2 aliphatic rings. The third kappa shape index (κ3) is 2.59. The van der Waals surface area contributed by atoms with Gasteiger partial charge in [-0.2, -0.15) is 0 Å². The van der Waals surface area contributed by atoms with Crippen molar-refractivity contribution in [2.45, 2.75) is 37.8 Å². The van der Waals surface area contributed by atoms with Crippen LogP contribution >= 0.6 is 0 Å². The van der Waals surface area contributed by atoms with Crippen LogP contribution in [0.3, 0.4) is 0 Å². The van der Waals surface area contributed by atoms with Crippen LogP contribution in [0.4, 0.5) is 5.82 Å². The van der Waals surface area contributed by atoms with E-state index in [0.29, 0.717) is 31.1 Å². The van der Waals surface area contributed by atoms with E-state index in [0.717, 1.165) is 19.4 Å². The Labute approximate surface area is 140 Å². The van der Waals surface area contributed by atoms with Gasteiger partial charge in [-0.1, -0.05) is 6.07 Å². The molecule has 6 nitrogen and oxygen atoms in total. The Morgan fingerprint density at radius 3 is 3.12 bits per heavy atom. The maximum atomic E-state index is 12.4. The van der Waals surface area contributed by atoms with Gasteiger partial charge in [0, 0.05) is 37.4 Å². The molecule has 0 aliphatic carbocycles. The van der Waals surface area contributed by atoms with Crippen molar-refractivity contribution in [3.05, 3.63) is 40.8 Å². The number of anilines is 1. The number of aromatic nitrogens is 2. The van der Waals surface area contributed by atoms with Crippen LogP contribution in [0.1, 0.15) is 26.2 Å². The molecule has 24 heavy (non-hydrogen) atoms. The van der Waals surface area contributed by atoms with E-state index in [-0.39, 0.29) is 17.5 Å². The maximum absolute atomic E-state index is 12.4. The van der Waals surface area contributed by atoms with Crippen molar-refractivity contribution in [2.24, 2.45) is 5.92 Å². The fraction of sp³-hybridized carbons (Fsp3) is 0.556. The average Bonchev–Trinajstić information content (AvgIpc) is 3.03. The molecule has 0 aromatic carbocycles. The zero-order valence-corrected chi connectivity index (χ0v) is 13.9. The average molecular weight is 329 g/mol. The minimum atomic E-state index is -0.739. The SMILES string of the molecule is CC1(O)CCOCC1C1CCCN1c1cc(=O)n2ccccc2n1. The molecule has 3 atom stereocenters. The molecule has 0 bridgehead atoms. The monoisotopic (exact) mass is 329 g/mol. The quantitative estimate of drug-likeness (QED) is 0.903. The summed E-state index contributed by atoms with van der Waals surface area (Å²) in [4.78, 5) is 19.2. The lowest BCUT2D eigenvalue weighted by atomic mass is 9.79. The summed E-state index contributed by atoms with van der Waals surface area (Å²) in [5, 5.41) is 10.8. The van der Waals surface area contributed by atoms with Crippen LogP contribution in [0.2, 0.25) is 0 Å². The zero-order chi connectivity index (χ0) is 16.7. The molecule has 1 N–H and O–H groups in total. The predicted molar refractivity (Wildman–Crippen MR) is 91.4 cm³/mol. The summed E-state index contributed by atoms with van der Waals surface area (Å²) < 4.78 is 7.19. The first kappa shape index (κ1) is 15.6. The maximum Gasteiger partial charge on any atom is 0.259 e. The summed E-state index contributed by atoms with van der Waals surface area (Å²) in [6.07, 6.45) is 4.40. The molecule has 2 aromatic rings. The highest BCUT2D eigenvalue weighted by molar-refractivity contribution is 5.49. The Kier molecular flexibility index (Phi) is 3.81. The van der Waals surface area contributed by atoms with Gasteiger partial charge in [-0.25, -0.2) is 4.98 Å². The van der Waals surface area contributed by atoms with Crippen LogP contribution in [0.15, 0.2) is 35.3 Å². The Balaban J connectivity index is 1.71. The molecule has 6 heteroatoms. The van der Waals surface area contributed by atoms with Gasteiger partial charge in [0.2, 0.25) is 0 Å². The fourth-order valence-corrected chi connectivity index (χ4v) is 4.06. The van der Waals surface area contributed by atoms with Crippen molar-refractivity contribution < 1.29 is 9.84 Å². The number of hydrogen-bond donors (Lipinski definition) is 1. The van der Waals surface area contributed by atoms with Gasteiger partial charge in [-0.15, -0.1) is 0 Å². The Morgan fingerprint density at radius 2 is 2.29 bits per heavy atom. The highest BCUT2D eigenvalue weighted by Crippen LogP contribution is 2.37. The summed E-state index contributed by atoms with van der Waals surface area (Å²) >= 11 is 0. The van der Waals surface area contributed by atoms with E-state index in [4.69, 9.17) is 4.74 Å². The molecule has 2 aromatic heterocycles. The molecule has 4 heterocycles. The van der Waals surface area contributed by atoms with Gasteiger partial charge in [0.05, 0.1) is 12.2 Å². The third-order valence-corrected chi connectivity index (χ3v) is 5.46. The second-order valence-electron chi connectivity index (χ2n) is 7.07. The number of hydrogen-bond acceptors (Lipinski definition) is 5. The van der Waals surface area contributed by atoms with E-state index >= 15 is 0 Å². The van der Waals surface area contributed by atoms with Gasteiger partial charge < -0.3 is 14.7 Å². The molecule has 3 unspecified atom stereocenters. The van der Waals surface area contributed by atoms with Crippen molar-refractivity contribution in [1.29, 1.82) is 0 Å². The lowest BCUT2D eigenvalue weighted by Gasteiger charge is -2.43. The number of aliphatic hydroxyl groups is 1. The number of nitrogens with zero attached hydrogens (tertiary/aromatic N) is 3. The van der Waals surface area contributed by atoms with E-state index in [1.165, 1.54) is 0 Å². The van der Waals surface area contributed by atoms with Gasteiger partial charge >= 0.3 is 0 Å². The lowest BCUT2D eigenvalue weighted by Crippen LogP contribution is -2.52. The summed E-state index contributed by atoms with van der Waals surface area (Å²) in [7, 11) is 0. The van der Waals surface area contributed by atoms with E-state index in [1.807, 2.05) is 25.1 Å². The van der Waals surface area contributed by atoms with Crippen LogP contribution in [-0.2, 0) is 4.74 Å². The van der Waals surface area contributed by atoms with Crippen LogP contribution in [0.25, 0.3) is 5.65 Å². The van der Waals surface area contributed by atoms with E-state index in [9.17, 15) is 9.90 Å². The normalized spacial score (nSPS) is 30.8. The Morgan fingerprint density at radius 1 is 1.42 bits per heavy atom. The number of rotatable bonds is 2. The molecular formula is C18H23N3O3. The molecule has 0 radical (unpaired) electrons. The van der Waals surface area contributed by atoms with Crippen LogP contribution in [0.5, 0.6) is 0 Å². The van der Waals surface area contributed by atoms with Crippen molar-refractivity contribution in [3.63, 3.8) is 0 Å². The highest BCUT2D eigenvalue weighted by Gasteiger charge is 2.44. The molecule has 0 spiro atoms. The second-order valence-corrected chi connectivity index (χ2v) is 7.07. The van der Waals surface area contributed by atoms with Gasteiger partial charge in [0.15, 0.2) is 0 Å². The van der Waals surface area contributed by atoms with Gasteiger partial charge in [-0.3, -0.25) is 9.20 Å². The van der Waals surface area contributed by atoms with Crippen LogP contribution < -0.4 is 10.5 Å². The molecule has 128 valence electrons. The standard InChI is InChI=1S/C18H23N3O3/c1-18(23)7-10-24-12-13(18)14-5-4-9-20(14)16-11-17(22)21-8-3-2-6-15(21)19-16/h2-3,6,8,11,13-14,23H,4-5,7,9-10,12H2,1H3. The molecule has 2 saturated heterocycles.